The van der Waals surface area contributed by atoms with Gasteiger partial charge in [-0.1, -0.05) is 23.2 Å². The molecule has 0 amide bonds. The van der Waals surface area contributed by atoms with Crippen molar-refractivity contribution in [1.29, 1.82) is 0 Å². The van der Waals surface area contributed by atoms with Gasteiger partial charge in [0, 0.05) is 18.0 Å². The zero-order chi connectivity index (χ0) is 17.6. The van der Waals surface area contributed by atoms with Crippen LogP contribution in [-0.2, 0) is 6.18 Å². The summed E-state index contributed by atoms with van der Waals surface area (Å²) in [6.45, 7) is 0. The Bertz CT molecular complexity index is 717. The first-order valence-electron chi connectivity index (χ1n) is 5.55. The molecule has 1 aromatic carbocycles. The molecule has 12 heteroatoms. The number of benzene rings is 1. The van der Waals surface area contributed by atoms with Crippen molar-refractivity contribution in [3.05, 3.63) is 33.9 Å². The lowest BCUT2D eigenvalue weighted by Crippen LogP contribution is -2.07. The Morgan fingerprint density at radius 3 is 2.00 bits per heavy atom. The van der Waals surface area contributed by atoms with Crippen LogP contribution < -0.4 is 5.73 Å². The van der Waals surface area contributed by atoms with E-state index in [4.69, 9.17) is 28.9 Å². The molecule has 0 aliphatic heterocycles. The van der Waals surface area contributed by atoms with E-state index in [9.17, 15) is 26.3 Å². The monoisotopic (exact) mass is 395 g/mol. The molecule has 1 aromatic heterocycles. The van der Waals surface area contributed by atoms with Gasteiger partial charge in [0.25, 0.3) is 0 Å². The standard InChI is InChI=1S/C11H5Cl2F6N3S/c12-5-1-4(10(14,15)16)2-6(13)8(5)22-3-7(21-9(22)20)23-11(17,18)19/h1-3H,(H2,20,21). The third kappa shape index (κ3) is 4.18. The molecule has 2 rings (SSSR count). The van der Waals surface area contributed by atoms with E-state index in [0.29, 0.717) is 12.1 Å². The number of anilines is 1. The summed E-state index contributed by atoms with van der Waals surface area (Å²) in [5, 5.41) is -1.36. The summed E-state index contributed by atoms with van der Waals surface area (Å²) in [7, 11) is 0. The molecule has 0 spiro atoms. The molecule has 1 heterocycles. The molecule has 0 bridgehead atoms. The quantitative estimate of drug-likeness (QED) is 0.547. The number of rotatable bonds is 2. The van der Waals surface area contributed by atoms with E-state index in [1.54, 1.807) is 0 Å². The van der Waals surface area contributed by atoms with Crippen LogP contribution in [0.3, 0.4) is 0 Å². The number of halogens is 8. The fraction of sp³-hybridized carbons (Fsp3) is 0.182. The molecule has 0 saturated carbocycles. The molecule has 0 atom stereocenters. The van der Waals surface area contributed by atoms with Crippen LogP contribution in [0.4, 0.5) is 32.3 Å². The van der Waals surface area contributed by atoms with Gasteiger partial charge in [-0.25, -0.2) is 4.98 Å². The van der Waals surface area contributed by atoms with Crippen molar-refractivity contribution in [1.82, 2.24) is 9.55 Å². The smallest absolute Gasteiger partial charge is 0.369 e. The van der Waals surface area contributed by atoms with E-state index in [2.05, 4.69) is 4.98 Å². The summed E-state index contributed by atoms with van der Waals surface area (Å²) in [4.78, 5) is 3.47. The number of hydrogen-bond donors (Lipinski definition) is 1. The molecular weight excluding hydrogens is 391 g/mol. The molecule has 0 unspecified atom stereocenters. The second kappa shape index (κ2) is 5.99. The van der Waals surface area contributed by atoms with E-state index >= 15 is 0 Å². The second-order valence-corrected chi connectivity index (χ2v) is 6.04. The first kappa shape index (κ1) is 18.1. The van der Waals surface area contributed by atoms with Gasteiger partial charge in [0.1, 0.15) is 5.03 Å². The predicted octanol–water partition coefficient (Wildman–Crippen LogP) is 5.39. The average molecular weight is 396 g/mol. The average Bonchev–Trinajstić information content (AvgIpc) is 2.65. The second-order valence-electron chi connectivity index (χ2n) is 4.14. The molecule has 0 aliphatic rings. The molecule has 3 nitrogen and oxygen atoms in total. The molecule has 0 radical (unpaired) electrons. The van der Waals surface area contributed by atoms with Crippen LogP contribution in [0.1, 0.15) is 5.56 Å². The molecule has 0 aliphatic carbocycles. The van der Waals surface area contributed by atoms with Gasteiger partial charge >= 0.3 is 11.7 Å². The Kier molecular flexibility index (Phi) is 4.71. The number of hydrogen-bond acceptors (Lipinski definition) is 3. The van der Waals surface area contributed by atoms with E-state index in [1.807, 2.05) is 0 Å². The summed E-state index contributed by atoms with van der Waals surface area (Å²) in [5.74, 6) is -0.402. The summed E-state index contributed by atoms with van der Waals surface area (Å²) in [5.41, 5.74) is -0.404. The minimum Gasteiger partial charge on any atom is -0.369 e. The number of imidazole rings is 1. The topological polar surface area (TPSA) is 43.8 Å². The van der Waals surface area contributed by atoms with Crippen molar-refractivity contribution in [3.8, 4) is 5.69 Å². The Morgan fingerprint density at radius 2 is 1.57 bits per heavy atom. The largest absolute Gasteiger partial charge is 0.447 e. The predicted molar refractivity (Wildman–Crippen MR) is 74.9 cm³/mol. The van der Waals surface area contributed by atoms with Crippen molar-refractivity contribution < 1.29 is 26.3 Å². The molecule has 0 fully saturated rings. The number of alkyl halides is 6. The van der Waals surface area contributed by atoms with Crippen LogP contribution in [0, 0.1) is 0 Å². The van der Waals surface area contributed by atoms with E-state index in [0.717, 1.165) is 10.8 Å². The van der Waals surface area contributed by atoms with E-state index < -0.39 is 50.0 Å². The first-order valence-corrected chi connectivity index (χ1v) is 7.13. The van der Waals surface area contributed by atoms with Crippen LogP contribution >= 0.6 is 35.0 Å². The molecule has 126 valence electrons. The van der Waals surface area contributed by atoms with Crippen LogP contribution in [0.2, 0.25) is 10.0 Å². The highest BCUT2D eigenvalue weighted by molar-refractivity contribution is 8.00. The maximum absolute atomic E-state index is 12.7. The Balaban J connectivity index is 2.51. The Hall–Kier alpha value is -1.26. The van der Waals surface area contributed by atoms with E-state index in [-0.39, 0.29) is 5.69 Å². The summed E-state index contributed by atoms with van der Waals surface area (Å²) in [6, 6.07) is 1.19. The molecule has 23 heavy (non-hydrogen) atoms. The minimum absolute atomic E-state index is 0.194. The maximum atomic E-state index is 12.7. The van der Waals surface area contributed by atoms with Gasteiger partial charge in [-0.05, 0) is 12.1 Å². The van der Waals surface area contributed by atoms with Gasteiger partial charge in [0.15, 0.2) is 0 Å². The fourth-order valence-corrected chi connectivity index (χ4v) is 2.88. The van der Waals surface area contributed by atoms with Gasteiger partial charge < -0.3 is 5.73 Å². The zero-order valence-electron chi connectivity index (χ0n) is 10.6. The van der Waals surface area contributed by atoms with Crippen LogP contribution in [-0.4, -0.2) is 15.1 Å². The van der Waals surface area contributed by atoms with Crippen molar-refractivity contribution in [2.24, 2.45) is 0 Å². The highest BCUT2D eigenvalue weighted by atomic mass is 35.5. The van der Waals surface area contributed by atoms with Gasteiger partial charge in [-0.2, -0.15) is 26.3 Å². The minimum atomic E-state index is -4.68. The highest BCUT2D eigenvalue weighted by Gasteiger charge is 2.33. The van der Waals surface area contributed by atoms with Crippen molar-refractivity contribution >= 4 is 40.9 Å². The normalized spacial score (nSPS) is 12.7. The van der Waals surface area contributed by atoms with Gasteiger partial charge in [0.05, 0.1) is 21.3 Å². The van der Waals surface area contributed by atoms with E-state index in [1.165, 1.54) is 0 Å². The number of aromatic nitrogens is 2. The number of nitrogens with two attached hydrogens (primary N) is 1. The van der Waals surface area contributed by atoms with Gasteiger partial charge in [-0.3, -0.25) is 4.57 Å². The van der Waals surface area contributed by atoms with Gasteiger partial charge in [-0.15, -0.1) is 0 Å². The molecule has 2 aromatic rings. The summed E-state index contributed by atoms with van der Waals surface area (Å²) in [6.07, 6.45) is -3.79. The van der Waals surface area contributed by atoms with Crippen LogP contribution in [0.25, 0.3) is 5.69 Å². The third-order valence-corrected chi connectivity index (χ3v) is 3.73. The van der Waals surface area contributed by atoms with Gasteiger partial charge in [0.2, 0.25) is 5.95 Å². The highest BCUT2D eigenvalue weighted by Crippen LogP contribution is 2.40. The summed E-state index contributed by atoms with van der Waals surface area (Å²) >= 11 is 11.0. The van der Waals surface area contributed by atoms with Crippen molar-refractivity contribution in [3.63, 3.8) is 0 Å². The zero-order valence-corrected chi connectivity index (χ0v) is 13.0. The molecular formula is C11H5Cl2F6N3S. The lowest BCUT2D eigenvalue weighted by molar-refractivity contribution is -0.137. The van der Waals surface area contributed by atoms with Crippen molar-refractivity contribution in [2.75, 3.05) is 5.73 Å². The summed E-state index contributed by atoms with van der Waals surface area (Å²) < 4.78 is 75.8. The maximum Gasteiger partial charge on any atom is 0.447 e. The third-order valence-electron chi connectivity index (χ3n) is 2.52. The SMILES string of the molecule is Nc1nc(SC(F)(F)F)cn1-c1c(Cl)cc(C(F)(F)F)cc1Cl. The van der Waals surface area contributed by atoms with Crippen LogP contribution in [0.5, 0.6) is 0 Å². The number of nitrogen functional groups attached to an aromatic ring is 1. The lowest BCUT2D eigenvalue weighted by atomic mass is 10.2. The number of thioether (sulfide) groups is 1. The molecule has 2 N–H and O–H groups in total. The molecule has 0 saturated heterocycles. The number of nitrogens with zero attached hydrogens (tertiary/aromatic N) is 2. The van der Waals surface area contributed by atoms with Crippen LogP contribution in [0.15, 0.2) is 23.4 Å². The Labute approximate surface area is 139 Å². The lowest BCUT2D eigenvalue weighted by Gasteiger charge is -2.13. The Morgan fingerprint density at radius 1 is 1.04 bits per heavy atom. The fourth-order valence-electron chi connectivity index (χ4n) is 1.68. The van der Waals surface area contributed by atoms with Crippen molar-refractivity contribution in [2.45, 2.75) is 16.7 Å². The first-order chi connectivity index (χ1) is 10.4.